The lowest BCUT2D eigenvalue weighted by molar-refractivity contribution is 0.680. The van der Waals surface area contributed by atoms with Gasteiger partial charge >= 0.3 is 5.69 Å². The monoisotopic (exact) mass is 124 g/mol. The summed E-state index contributed by atoms with van der Waals surface area (Å²) in [7, 11) is 0. The molecule has 0 aliphatic heterocycles. The second kappa shape index (κ2) is 2.13. The Hall–Kier alpha value is -1.57. The first kappa shape index (κ1) is 5.56. The number of nitrogens with one attached hydrogen (secondary N) is 1. The molecule has 0 aromatic carbocycles. The van der Waals surface area contributed by atoms with Crippen LogP contribution in [0.3, 0.4) is 0 Å². The third kappa shape index (κ3) is 0.966. The minimum Gasteiger partial charge on any atom is -0.295 e. The lowest BCUT2D eigenvalue weighted by atomic mass is 10.7. The van der Waals surface area contributed by atoms with Gasteiger partial charge in [-0.3, -0.25) is 4.98 Å². The molecule has 1 aromatic rings. The van der Waals surface area contributed by atoms with Crippen LogP contribution in [0.1, 0.15) is 0 Å². The summed E-state index contributed by atoms with van der Waals surface area (Å²) >= 11 is 0. The molecule has 0 aliphatic carbocycles. The van der Waals surface area contributed by atoms with Crippen LogP contribution < -0.4 is 5.69 Å². The molecule has 0 fully saturated rings. The Labute approximate surface area is 50.5 Å². The van der Waals surface area contributed by atoms with Crippen molar-refractivity contribution in [1.29, 1.82) is 5.26 Å². The first-order valence-electron chi connectivity index (χ1n) is 2.32. The summed E-state index contributed by atoms with van der Waals surface area (Å²) in [4.78, 5) is 12.8. The standard InChI is InChI=1S/C4H4N4O/c5-1-2-8-4(9)6-3-7-8/h3H,2H2,(H,6,7,9). The minimum absolute atomic E-state index is 0.00231. The van der Waals surface area contributed by atoms with Gasteiger partial charge in [0.05, 0.1) is 6.07 Å². The summed E-state index contributed by atoms with van der Waals surface area (Å²) in [5.74, 6) is 0. The maximum absolute atomic E-state index is 10.5. The molecule has 0 saturated carbocycles. The number of hydrogen-bond acceptors (Lipinski definition) is 3. The molecular formula is C4H4N4O. The van der Waals surface area contributed by atoms with E-state index in [1.165, 1.54) is 6.33 Å². The normalized spacial score (nSPS) is 8.78. The van der Waals surface area contributed by atoms with Crippen molar-refractivity contribution in [2.24, 2.45) is 0 Å². The fraction of sp³-hybridized carbons (Fsp3) is 0.250. The predicted molar refractivity (Wildman–Crippen MR) is 28.5 cm³/mol. The van der Waals surface area contributed by atoms with Crippen molar-refractivity contribution in [3.63, 3.8) is 0 Å². The zero-order chi connectivity index (χ0) is 6.69. The molecule has 5 heteroatoms. The molecule has 9 heavy (non-hydrogen) atoms. The number of aromatic amines is 1. The molecule has 0 aliphatic rings. The third-order valence-corrected chi connectivity index (χ3v) is 0.840. The first-order valence-corrected chi connectivity index (χ1v) is 2.32. The van der Waals surface area contributed by atoms with Crippen LogP contribution >= 0.6 is 0 Å². The van der Waals surface area contributed by atoms with Crippen LogP contribution in [0.15, 0.2) is 11.1 Å². The quantitative estimate of drug-likeness (QED) is 0.526. The largest absolute Gasteiger partial charge is 0.344 e. The van der Waals surface area contributed by atoms with E-state index < -0.39 is 0 Å². The van der Waals surface area contributed by atoms with E-state index in [0.717, 1.165) is 4.68 Å². The van der Waals surface area contributed by atoms with Crippen LogP contribution in [0.4, 0.5) is 0 Å². The van der Waals surface area contributed by atoms with Gasteiger partial charge in [0.15, 0.2) is 0 Å². The Bertz CT molecular complexity index is 277. The van der Waals surface area contributed by atoms with Crippen molar-refractivity contribution < 1.29 is 0 Å². The Morgan fingerprint density at radius 1 is 2.00 bits per heavy atom. The van der Waals surface area contributed by atoms with E-state index in [0.29, 0.717) is 0 Å². The lowest BCUT2D eigenvalue weighted by Crippen LogP contribution is -2.17. The zero-order valence-corrected chi connectivity index (χ0v) is 4.53. The molecule has 0 radical (unpaired) electrons. The molecule has 0 saturated heterocycles. The number of hydrogen-bond donors (Lipinski definition) is 1. The van der Waals surface area contributed by atoms with Crippen LogP contribution in [0, 0.1) is 11.3 Å². The van der Waals surface area contributed by atoms with Gasteiger partial charge in [0.2, 0.25) is 0 Å². The average molecular weight is 124 g/mol. The highest BCUT2D eigenvalue weighted by Crippen LogP contribution is 1.67. The van der Waals surface area contributed by atoms with E-state index in [1.807, 2.05) is 0 Å². The fourth-order valence-corrected chi connectivity index (χ4v) is 0.460. The third-order valence-electron chi connectivity index (χ3n) is 0.840. The van der Waals surface area contributed by atoms with E-state index in [2.05, 4.69) is 10.1 Å². The molecule has 0 atom stereocenters. The van der Waals surface area contributed by atoms with Crippen molar-refractivity contribution in [2.75, 3.05) is 0 Å². The highest BCUT2D eigenvalue weighted by Gasteiger charge is 1.91. The zero-order valence-electron chi connectivity index (χ0n) is 4.53. The smallest absolute Gasteiger partial charge is 0.295 e. The van der Waals surface area contributed by atoms with Gasteiger partial charge in [-0.2, -0.15) is 15.0 Å². The van der Waals surface area contributed by atoms with Gasteiger partial charge in [0, 0.05) is 0 Å². The summed E-state index contributed by atoms with van der Waals surface area (Å²) in [5.41, 5.74) is -0.350. The van der Waals surface area contributed by atoms with E-state index in [-0.39, 0.29) is 12.2 Å². The Morgan fingerprint density at radius 2 is 2.78 bits per heavy atom. The molecule has 0 spiro atoms. The number of nitriles is 1. The van der Waals surface area contributed by atoms with Crippen LogP contribution in [0.2, 0.25) is 0 Å². The Kier molecular flexibility index (Phi) is 1.32. The summed E-state index contributed by atoms with van der Waals surface area (Å²) in [5, 5.41) is 11.6. The van der Waals surface area contributed by atoms with Crippen LogP contribution in [0.5, 0.6) is 0 Å². The summed E-state index contributed by atoms with van der Waals surface area (Å²) in [6.45, 7) is 0.00231. The average Bonchev–Trinajstić information content (AvgIpc) is 2.18. The van der Waals surface area contributed by atoms with Crippen molar-refractivity contribution in [1.82, 2.24) is 14.8 Å². The number of nitrogens with zero attached hydrogens (tertiary/aromatic N) is 3. The van der Waals surface area contributed by atoms with Gasteiger partial charge in [-0.25, -0.2) is 4.79 Å². The molecule has 1 aromatic heterocycles. The molecule has 1 N–H and O–H groups in total. The molecule has 5 nitrogen and oxygen atoms in total. The molecular weight excluding hydrogens is 120 g/mol. The molecule has 0 bridgehead atoms. The Morgan fingerprint density at radius 3 is 3.22 bits per heavy atom. The maximum Gasteiger partial charge on any atom is 0.344 e. The van der Waals surface area contributed by atoms with E-state index in [9.17, 15) is 4.79 Å². The van der Waals surface area contributed by atoms with Gasteiger partial charge in [-0.15, -0.1) is 0 Å². The van der Waals surface area contributed by atoms with Gasteiger partial charge < -0.3 is 0 Å². The van der Waals surface area contributed by atoms with Gasteiger partial charge in [0.25, 0.3) is 0 Å². The number of aromatic nitrogens is 3. The van der Waals surface area contributed by atoms with Gasteiger partial charge in [0.1, 0.15) is 12.9 Å². The predicted octanol–water partition coefficient (Wildman–Crippen LogP) is -0.905. The number of rotatable bonds is 1. The van der Waals surface area contributed by atoms with Crippen LogP contribution in [-0.2, 0) is 6.54 Å². The molecule has 0 unspecified atom stereocenters. The second-order valence-corrected chi connectivity index (χ2v) is 1.41. The first-order chi connectivity index (χ1) is 4.34. The SMILES string of the molecule is N#CCn1nc[nH]c1=O. The number of H-pyrrole nitrogens is 1. The van der Waals surface area contributed by atoms with E-state index >= 15 is 0 Å². The molecule has 1 rings (SSSR count). The van der Waals surface area contributed by atoms with Crippen molar-refractivity contribution in [2.45, 2.75) is 6.54 Å². The van der Waals surface area contributed by atoms with Crippen molar-refractivity contribution in [3.05, 3.63) is 16.8 Å². The van der Waals surface area contributed by atoms with Crippen molar-refractivity contribution in [3.8, 4) is 6.07 Å². The molecule has 46 valence electrons. The minimum atomic E-state index is -0.350. The summed E-state index contributed by atoms with van der Waals surface area (Å²) in [6.07, 6.45) is 1.25. The highest BCUT2D eigenvalue weighted by molar-refractivity contribution is 4.71. The second-order valence-electron chi connectivity index (χ2n) is 1.41. The fourth-order valence-electron chi connectivity index (χ4n) is 0.460. The lowest BCUT2D eigenvalue weighted by Gasteiger charge is -1.82. The molecule has 1 heterocycles. The van der Waals surface area contributed by atoms with E-state index in [4.69, 9.17) is 5.26 Å². The molecule has 0 amide bonds. The topological polar surface area (TPSA) is 74.5 Å². The summed E-state index contributed by atoms with van der Waals surface area (Å²) in [6, 6.07) is 1.79. The summed E-state index contributed by atoms with van der Waals surface area (Å²) < 4.78 is 1.04. The van der Waals surface area contributed by atoms with E-state index in [1.54, 1.807) is 6.07 Å². The highest BCUT2D eigenvalue weighted by atomic mass is 16.1. The van der Waals surface area contributed by atoms with Crippen molar-refractivity contribution >= 4 is 0 Å². The van der Waals surface area contributed by atoms with Gasteiger partial charge in [-0.1, -0.05) is 0 Å². The van der Waals surface area contributed by atoms with Crippen LogP contribution in [-0.4, -0.2) is 14.8 Å². The van der Waals surface area contributed by atoms with Crippen LogP contribution in [0.25, 0.3) is 0 Å². The Balaban J connectivity index is 2.98. The van der Waals surface area contributed by atoms with Gasteiger partial charge in [-0.05, 0) is 0 Å². The maximum atomic E-state index is 10.5.